The van der Waals surface area contributed by atoms with Gasteiger partial charge in [-0.25, -0.2) is 4.98 Å². The van der Waals surface area contributed by atoms with Gasteiger partial charge in [0.25, 0.3) is 5.91 Å². The average molecular weight is 328 g/mol. The number of methoxy groups -OCH3 is 1. The van der Waals surface area contributed by atoms with E-state index in [9.17, 15) is 4.79 Å². The third kappa shape index (κ3) is 2.89. The standard InChI is InChI=1S/C18H24N4O2/c1-18(11-19)4-7-22(8-5-18)17-13-10-15(24-2)14(16(20)23)9-12(13)3-6-21-17/h3,6,9-10H,4-5,7-8,11,19H2,1-2H3,(H2,20,23). The predicted octanol–water partition coefficient (Wildman–Crippen LogP) is 1.91. The molecule has 3 rings (SSSR count). The lowest BCUT2D eigenvalue weighted by atomic mass is 9.80. The van der Waals surface area contributed by atoms with E-state index < -0.39 is 5.91 Å². The van der Waals surface area contributed by atoms with Crippen LogP contribution in [0.25, 0.3) is 10.8 Å². The number of nitrogens with zero attached hydrogens (tertiary/aromatic N) is 2. The van der Waals surface area contributed by atoms with Gasteiger partial charge in [-0.3, -0.25) is 4.79 Å². The van der Waals surface area contributed by atoms with E-state index in [1.54, 1.807) is 12.3 Å². The van der Waals surface area contributed by atoms with Gasteiger partial charge < -0.3 is 21.1 Å². The first-order valence-corrected chi connectivity index (χ1v) is 8.19. The van der Waals surface area contributed by atoms with Crippen LogP contribution in [0.1, 0.15) is 30.1 Å². The molecule has 0 atom stereocenters. The maximum absolute atomic E-state index is 11.6. The third-order valence-corrected chi connectivity index (χ3v) is 5.09. The molecule has 0 radical (unpaired) electrons. The third-order valence-electron chi connectivity index (χ3n) is 5.09. The quantitative estimate of drug-likeness (QED) is 0.894. The van der Waals surface area contributed by atoms with Crippen molar-refractivity contribution >= 4 is 22.5 Å². The van der Waals surface area contributed by atoms with Crippen LogP contribution in [-0.4, -0.2) is 37.6 Å². The van der Waals surface area contributed by atoms with E-state index in [-0.39, 0.29) is 5.41 Å². The number of primary amides is 1. The van der Waals surface area contributed by atoms with Gasteiger partial charge >= 0.3 is 0 Å². The molecule has 1 amide bonds. The second kappa shape index (κ2) is 6.28. The molecule has 0 saturated carbocycles. The fourth-order valence-electron chi connectivity index (χ4n) is 3.26. The van der Waals surface area contributed by atoms with Crippen molar-refractivity contribution in [3.8, 4) is 5.75 Å². The van der Waals surface area contributed by atoms with Gasteiger partial charge in [-0.1, -0.05) is 6.92 Å². The van der Waals surface area contributed by atoms with Crippen molar-refractivity contribution in [2.45, 2.75) is 19.8 Å². The molecule has 2 aromatic rings. The van der Waals surface area contributed by atoms with E-state index in [2.05, 4.69) is 16.8 Å². The Hall–Kier alpha value is -2.34. The Bertz CT molecular complexity index is 767. The lowest BCUT2D eigenvalue weighted by Gasteiger charge is -2.39. The Balaban J connectivity index is 2.02. The molecule has 1 aromatic heterocycles. The molecule has 1 aromatic carbocycles. The summed E-state index contributed by atoms with van der Waals surface area (Å²) in [7, 11) is 1.54. The van der Waals surface area contributed by atoms with Crippen LogP contribution in [0.2, 0.25) is 0 Å². The Kier molecular flexibility index (Phi) is 4.32. The molecule has 1 aliphatic rings. The molecule has 1 fully saturated rings. The summed E-state index contributed by atoms with van der Waals surface area (Å²) < 4.78 is 5.34. The molecule has 0 unspecified atom stereocenters. The number of ether oxygens (including phenoxy) is 1. The van der Waals surface area contributed by atoms with Crippen molar-refractivity contribution in [3.63, 3.8) is 0 Å². The number of carbonyl (C=O) groups is 1. The van der Waals surface area contributed by atoms with Gasteiger partial charge in [-0.2, -0.15) is 0 Å². The van der Waals surface area contributed by atoms with Crippen molar-refractivity contribution in [2.75, 3.05) is 31.6 Å². The number of aromatic nitrogens is 1. The first kappa shape index (κ1) is 16.5. The molecular formula is C18H24N4O2. The van der Waals surface area contributed by atoms with Crippen LogP contribution >= 0.6 is 0 Å². The summed E-state index contributed by atoms with van der Waals surface area (Å²) in [6, 6.07) is 5.52. The maximum atomic E-state index is 11.6. The first-order valence-electron chi connectivity index (χ1n) is 8.19. The molecule has 4 N–H and O–H groups in total. The van der Waals surface area contributed by atoms with Gasteiger partial charge in [0.15, 0.2) is 0 Å². The highest BCUT2D eigenvalue weighted by atomic mass is 16.5. The average Bonchev–Trinajstić information content (AvgIpc) is 2.60. The summed E-state index contributed by atoms with van der Waals surface area (Å²) in [5.41, 5.74) is 11.9. The second-order valence-corrected chi connectivity index (χ2v) is 6.77. The lowest BCUT2D eigenvalue weighted by Crippen LogP contribution is -2.42. The van der Waals surface area contributed by atoms with Gasteiger partial charge in [0, 0.05) is 24.7 Å². The molecule has 2 heterocycles. The number of fused-ring (bicyclic) bond motifs is 1. The summed E-state index contributed by atoms with van der Waals surface area (Å²) in [5, 5.41) is 1.90. The number of hydrogen-bond acceptors (Lipinski definition) is 5. The monoisotopic (exact) mass is 328 g/mol. The molecule has 1 aliphatic heterocycles. The Morgan fingerprint density at radius 3 is 2.67 bits per heavy atom. The van der Waals surface area contributed by atoms with Gasteiger partial charge in [-0.05, 0) is 48.4 Å². The van der Waals surface area contributed by atoms with E-state index in [1.165, 1.54) is 7.11 Å². The summed E-state index contributed by atoms with van der Waals surface area (Å²) in [5.74, 6) is 0.901. The van der Waals surface area contributed by atoms with Crippen LogP contribution in [0, 0.1) is 5.41 Å². The van der Waals surface area contributed by atoms with Crippen molar-refractivity contribution < 1.29 is 9.53 Å². The molecule has 0 spiro atoms. The van der Waals surface area contributed by atoms with E-state index in [0.29, 0.717) is 17.9 Å². The highest BCUT2D eigenvalue weighted by Crippen LogP contribution is 2.35. The minimum Gasteiger partial charge on any atom is -0.496 e. The van der Waals surface area contributed by atoms with E-state index in [0.717, 1.165) is 42.5 Å². The van der Waals surface area contributed by atoms with Gasteiger partial charge in [0.2, 0.25) is 0 Å². The topological polar surface area (TPSA) is 94.5 Å². The molecule has 128 valence electrons. The summed E-state index contributed by atoms with van der Waals surface area (Å²) in [6.45, 7) is 4.78. The first-order chi connectivity index (χ1) is 11.5. The number of nitrogens with two attached hydrogens (primary N) is 2. The number of benzene rings is 1. The molecule has 6 nitrogen and oxygen atoms in total. The van der Waals surface area contributed by atoms with Crippen LogP contribution < -0.4 is 21.1 Å². The van der Waals surface area contributed by atoms with Crippen molar-refractivity contribution in [2.24, 2.45) is 16.9 Å². The van der Waals surface area contributed by atoms with Gasteiger partial charge in [0.05, 0.1) is 12.7 Å². The van der Waals surface area contributed by atoms with Crippen LogP contribution in [0.15, 0.2) is 24.4 Å². The zero-order chi connectivity index (χ0) is 17.3. The fraction of sp³-hybridized carbons (Fsp3) is 0.444. The zero-order valence-electron chi connectivity index (χ0n) is 14.2. The summed E-state index contributed by atoms with van der Waals surface area (Å²) in [4.78, 5) is 18.5. The largest absolute Gasteiger partial charge is 0.496 e. The fourth-order valence-corrected chi connectivity index (χ4v) is 3.26. The van der Waals surface area contributed by atoms with E-state index >= 15 is 0 Å². The Morgan fingerprint density at radius 2 is 2.08 bits per heavy atom. The molecule has 0 aliphatic carbocycles. The number of carbonyl (C=O) groups excluding carboxylic acids is 1. The van der Waals surface area contributed by atoms with E-state index in [4.69, 9.17) is 16.2 Å². The predicted molar refractivity (Wildman–Crippen MR) is 95.4 cm³/mol. The summed E-state index contributed by atoms with van der Waals surface area (Å²) >= 11 is 0. The smallest absolute Gasteiger partial charge is 0.252 e. The molecule has 24 heavy (non-hydrogen) atoms. The minimum absolute atomic E-state index is 0.206. The highest BCUT2D eigenvalue weighted by Gasteiger charge is 2.29. The zero-order valence-corrected chi connectivity index (χ0v) is 14.2. The molecule has 1 saturated heterocycles. The molecule has 0 bridgehead atoms. The van der Waals surface area contributed by atoms with Crippen molar-refractivity contribution in [1.29, 1.82) is 0 Å². The Labute approximate surface area is 141 Å². The Morgan fingerprint density at radius 1 is 1.38 bits per heavy atom. The van der Waals surface area contributed by atoms with Gasteiger partial charge in [0.1, 0.15) is 11.6 Å². The number of hydrogen-bond donors (Lipinski definition) is 2. The number of piperidine rings is 1. The number of pyridine rings is 1. The van der Waals surface area contributed by atoms with Crippen LogP contribution in [0.5, 0.6) is 5.75 Å². The molecular weight excluding hydrogens is 304 g/mol. The van der Waals surface area contributed by atoms with Crippen LogP contribution in [0.4, 0.5) is 5.82 Å². The molecule has 6 heteroatoms. The van der Waals surface area contributed by atoms with Crippen LogP contribution in [-0.2, 0) is 0 Å². The van der Waals surface area contributed by atoms with Crippen LogP contribution in [0.3, 0.4) is 0 Å². The number of amides is 1. The van der Waals surface area contributed by atoms with E-state index in [1.807, 2.05) is 12.1 Å². The second-order valence-electron chi connectivity index (χ2n) is 6.77. The van der Waals surface area contributed by atoms with Crippen molar-refractivity contribution in [1.82, 2.24) is 4.98 Å². The summed E-state index contributed by atoms with van der Waals surface area (Å²) in [6.07, 6.45) is 3.85. The number of rotatable bonds is 4. The van der Waals surface area contributed by atoms with Crippen molar-refractivity contribution in [3.05, 3.63) is 30.0 Å². The lowest BCUT2D eigenvalue weighted by molar-refractivity contribution is 0.0997. The van der Waals surface area contributed by atoms with Gasteiger partial charge in [-0.15, -0.1) is 0 Å². The highest BCUT2D eigenvalue weighted by molar-refractivity contribution is 6.03. The minimum atomic E-state index is -0.496. The number of anilines is 1. The SMILES string of the molecule is COc1cc2c(N3CCC(C)(CN)CC3)nccc2cc1C(N)=O. The normalized spacial score (nSPS) is 17.0. The maximum Gasteiger partial charge on any atom is 0.252 e.